The van der Waals surface area contributed by atoms with E-state index >= 15 is 0 Å². The molecule has 1 aromatic heterocycles. The monoisotopic (exact) mass is 452 g/mol. The minimum Gasteiger partial charge on any atom is -0.378 e. The van der Waals surface area contributed by atoms with Gasteiger partial charge in [0.05, 0.1) is 31.0 Å². The van der Waals surface area contributed by atoms with E-state index in [0.29, 0.717) is 30.0 Å². The fourth-order valence-corrected chi connectivity index (χ4v) is 4.12. The highest BCUT2D eigenvalue weighted by molar-refractivity contribution is 5.74. The molecule has 0 unspecified atom stereocenters. The van der Waals surface area contributed by atoms with Crippen LogP contribution in [0.15, 0.2) is 59.6 Å². The molecule has 0 spiro atoms. The number of pyridine rings is 1. The molecule has 0 atom stereocenters. The van der Waals surface area contributed by atoms with Crippen LogP contribution in [0.4, 0.5) is 30.4 Å². The van der Waals surface area contributed by atoms with Crippen molar-refractivity contribution in [3.05, 3.63) is 71.3 Å². The van der Waals surface area contributed by atoms with Gasteiger partial charge in [-0.25, -0.2) is 4.98 Å². The summed E-state index contributed by atoms with van der Waals surface area (Å²) in [5.74, 6) is 0.621. The lowest BCUT2D eigenvalue weighted by Gasteiger charge is -2.29. The summed E-state index contributed by atoms with van der Waals surface area (Å²) < 4.78 is 45.1. The maximum Gasteiger partial charge on any atom is 0.416 e. The van der Waals surface area contributed by atoms with E-state index in [0.717, 1.165) is 60.9 Å². The third kappa shape index (κ3) is 4.71. The molecule has 0 amide bonds. The van der Waals surface area contributed by atoms with Crippen LogP contribution in [0.2, 0.25) is 0 Å². The van der Waals surface area contributed by atoms with Crippen molar-refractivity contribution >= 4 is 23.4 Å². The van der Waals surface area contributed by atoms with Crippen LogP contribution in [-0.2, 0) is 23.9 Å². The Kier molecular flexibility index (Phi) is 5.76. The first-order chi connectivity index (χ1) is 16.0. The number of fused-ring (bicyclic) bond motifs is 1. The average molecular weight is 452 g/mol. The number of nitrogens with one attached hydrogen (secondary N) is 1. The number of morpholine rings is 1. The summed E-state index contributed by atoms with van der Waals surface area (Å²) in [6.07, 6.45) is -1.95. The maximum absolute atomic E-state index is 13.2. The Morgan fingerprint density at radius 3 is 2.52 bits per heavy atom. The summed E-state index contributed by atoms with van der Waals surface area (Å²) in [4.78, 5) is 11.4. The number of alkyl halides is 3. The van der Waals surface area contributed by atoms with E-state index in [2.05, 4.69) is 27.3 Å². The van der Waals surface area contributed by atoms with Crippen LogP contribution >= 0.6 is 0 Å². The van der Waals surface area contributed by atoms with E-state index < -0.39 is 11.7 Å². The zero-order valence-corrected chi connectivity index (χ0v) is 17.9. The molecule has 3 heterocycles. The van der Waals surface area contributed by atoms with Gasteiger partial charge in [-0.3, -0.25) is 4.99 Å². The Morgan fingerprint density at radius 2 is 1.76 bits per heavy atom. The smallest absolute Gasteiger partial charge is 0.378 e. The highest BCUT2D eigenvalue weighted by Crippen LogP contribution is 2.34. The lowest BCUT2D eigenvalue weighted by molar-refractivity contribution is -0.137. The number of aromatic nitrogens is 1. The molecule has 33 heavy (non-hydrogen) atoms. The number of aliphatic imine (C=N–C) groups is 1. The fourth-order valence-electron chi connectivity index (χ4n) is 4.12. The molecular formula is C25H23F3N4O. The van der Waals surface area contributed by atoms with Gasteiger partial charge in [0.2, 0.25) is 0 Å². The van der Waals surface area contributed by atoms with Crippen molar-refractivity contribution < 1.29 is 17.9 Å². The summed E-state index contributed by atoms with van der Waals surface area (Å²) in [6.45, 7) is 3.65. The average Bonchev–Trinajstić information content (AvgIpc) is 2.84. The van der Waals surface area contributed by atoms with Crippen molar-refractivity contribution in [2.24, 2.45) is 4.99 Å². The fraction of sp³-hybridized carbons (Fsp3) is 0.280. The van der Waals surface area contributed by atoms with Crippen LogP contribution in [0.3, 0.4) is 0 Å². The van der Waals surface area contributed by atoms with Gasteiger partial charge in [0.25, 0.3) is 0 Å². The molecule has 170 valence electrons. The maximum atomic E-state index is 13.2. The van der Waals surface area contributed by atoms with Crippen molar-refractivity contribution in [3.8, 4) is 11.3 Å². The summed E-state index contributed by atoms with van der Waals surface area (Å²) in [6, 6.07) is 15.2. The summed E-state index contributed by atoms with van der Waals surface area (Å²) in [7, 11) is 0. The largest absolute Gasteiger partial charge is 0.416 e. The second-order valence-corrected chi connectivity index (χ2v) is 8.07. The Hall–Kier alpha value is -3.39. The van der Waals surface area contributed by atoms with Crippen LogP contribution in [-0.4, -0.2) is 37.5 Å². The molecule has 3 aromatic rings. The molecule has 0 radical (unpaired) electrons. The molecule has 0 aliphatic carbocycles. The van der Waals surface area contributed by atoms with E-state index in [4.69, 9.17) is 9.72 Å². The van der Waals surface area contributed by atoms with E-state index in [-0.39, 0.29) is 0 Å². The second kappa shape index (κ2) is 8.86. The summed E-state index contributed by atoms with van der Waals surface area (Å²) >= 11 is 0. The number of benzene rings is 2. The third-order valence-electron chi connectivity index (χ3n) is 5.90. The number of ether oxygens (including phenoxy) is 1. The van der Waals surface area contributed by atoms with Crippen molar-refractivity contribution in [3.63, 3.8) is 0 Å². The van der Waals surface area contributed by atoms with Crippen LogP contribution in [0.5, 0.6) is 0 Å². The molecule has 5 nitrogen and oxygen atoms in total. The number of halogens is 3. The molecule has 5 rings (SSSR count). The molecule has 8 heteroatoms. The molecule has 2 aliphatic heterocycles. The van der Waals surface area contributed by atoms with Gasteiger partial charge in [0, 0.05) is 48.2 Å². The van der Waals surface area contributed by atoms with Crippen LogP contribution in [0.1, 0.15) is 16.7 Å². The van der Waals surface area contributed by atoms with Gasteiger partial charge in [-0.15, -0.1) is 0 Å². The van der Waals surface area contributed by atoms with Gasteiger partial charge in [-0.05, 0) is 48.0 Å². The summed E-state index contributed by atoms with van der Waals surface area (Å²) in [5, 5.41) is 3.37. The van der Waals surface area contributed by atoms with Gasteiger partial charge in [-0.2, -0.15) is 13.2 Å². The summed E-state index contributed by atoms with van der Waals surface area (Å²) in [5.41, 5.74) is 4.21. The van der Waals surface area contributed by atoms with Crippen molar-refractivity contribution in [1.29, 1.82) is 0 Å². The Bertz CT molecular complexity index is 1170. The van der Waals surface area contributed by atoms with Gasteiger partial charge in [0.15, 0.2) is 0 Å². The molecule has 2 aromatic carbocycles. The molecule has 2 aliphatic rings. The Labute approximate surface area is 189 Å². The Morgan fingerprint density at radius 1 is 0.970 bits per heavy atom. The van der Waals surface area contributed by atoms with Crippen LogP contribution < -0.4 is 10.2 Å². The van der Waals surface area contributed by atoms with Crippen molar-refractivity contribution in [2.75, 3.05) is 36.5 Å². The normalized spacial score (nSPS) is 15.9. The van der Waals surface area contributed by atoms with E-state index in [1.54, 1.807) is 6.07 Å². The first-order valence-corrected chi connectivity index (χ1v) is 10.9. The van der Waals surface area contributed by atoms with Gasteiger partial charge < -0.3 is 15.0 Å². The topological polar surface area (TPSA) is 49.8 Å². The molecular weight excluding hydrogens is 429 g/mol. The van der Waals surface area contributed by atoms with Crippen molar-refractivity contribution in [2.45, 2.75) is 19.1 Å². The van der Waals surface area contributed by atoms with E-state index in [9.17, 15) is 13.2 Å². The van der Waals surface area contributed by atoms with Crippen molar-refractivity contribution in [1.82, 2.24) is 4.98 Å². The van der Waals surface area contributed by atoms with Gasteiger partial charge in [0.1, 0.15) is 5.82 Å². The first kappa shape index (κ1) is 21.5. The number of nitrogens with zero attached hydrogens (tertiary/aromatic N) is 3. The lowest BCUT2D eigenvalue weighted by atomic mass is 9.99. The predicted molar refractivity (Wildman–Crippen MR) is 123 cm³/mol. The molecule has 0 saturated carbocycles. The van der Waals surface area contributed by atoms with Crippen LogP contribution in [0.25, 0.3) is 11.3 Å². The first-order valence-electron chi connectivity index (χ1n) is 10.9. The molecule has 1 saturated heterocycles. The number of hydrogen-bond acceptors (Lipinski definition) is 5. The number of rotatable bonds is 4. The SMILES string of the molecule is FC(F)(F)c1cccc(-c2cc3c(c(Nc4ccc(N5CCOCC5)cc4)n2)CN=CC3)c1. The minimum atomic E-state index is -4.40. The zero-order chi connectivity index (χ0) is 22.8. The third-order valence-corrected chi connectivity index (χ3v) is 5.90. The number of anilines is 3. The highest BCUT2D eigenvalue weighted by Gasteiger charge is 2.30. The number of hydrogen-bond donors (Lipinski definition) is 1. The standard InChI is InChI=1S/C25H23F3N4O/c26-25(27,28)19-3-1-2-18(14-19)23-15-17-8-9-29-16-22(17)24(31-23)30-20-4-6-21(7-5-20)32-10-12-33-13-11-32/h1-7,9,14-15H,8,10-13,16H2,(H,30,31). The van der Waals surface area contributed by atoms with Gasteiger partial charge in [-0.1, -0.05) is 12.1 Å². The van der Waals surface area contributed by atoms with E-state index in [1.165, 1.54) is 6.07 Å². The Balaban J connectivity index is 1.46. The van der Waals surface area contributed by atoms with Crippen LogP contribution in [0, 0.1) is 0 Å². The molecule has 1 fully saturated rings. The minimum absolute atomic E-state index is 0.431. The quantitative estimate of drug-likeness (QED) is 0.570. The van der Waals surface area contributed by atoms with Gasteiger partial charge >= 0.3 is 6.18 Å². The lowest BCUT2D eigenvalue weighted by Crippen LogP contribution is -2.36. The predicted octanol–water partition coefficient (Wildman–Crippen LogP) is 5.47. The molecule has 1 N–H and O–H groups in total. The molecule has 0 bridgehead atoms. The highest BCUT2D eigenvalue weighted by atomic mass is 19.4. The second-order valence-electron chi connectivity index (χ2n) is 8.07. The zero-order valence-electron chi connectivity index (χ0n) is 17.9. The van der Waals surface area contributed by atoms with E-state index in [1.807, 2.05) is 24.4 Å².